The van der Waals surface area contributed by atoms with Crippen LogP contribution in [0.1, 0.15) is 82.4 Å². The molecule has 1 N–H and O–H groups in total. The normalized spacial score (nSPS) is 15.8. The summed E-state index contributed by atoms with van der Waals surface area (Å²) in [6.07, 6.45) is 6.11. The highest BCUT2D eigenvalue weighted by molar-refractivity contribution is 6.21. The van der Waals surface area contributed by atoms with E-state index in [1.54, 1.807) is 29.2 Å². The fourth-order valence-corrected chi connectivity index (χ4v) is 5.96. The monoisotopic (exact) mass is 565 g/mol. The topological polar surface area (TPSA) is 86.8 Å². The maximum absolute atomic E-state index is 14.0. The van der Waals surface area contributed by atoms with E-state index in [9.17, 15) is 19.2 Å². The molecule has 3 aromatic carbocycles. The highest BCUT2D eigenvalue weighted by Gasteiger charge is 2.36. The maximum atomic E-state index is 14.0. The quantitative estimate of drug-likeness (QED) is 0.313. The number of nitrogens with zero attached hydrogens (tertiary/aromatic N) is 2. The molecule has 4 amide bonds. The van der Waals surface area contributed by atoms with Gasteiger partial charge in [-0.3, -0.25) is 24.1 Å². The number of amides is 4. The van der Waals surface area contributed by atoms with E-state index in [1.165, 1.54) is 11.3 Å². The van der Waals surface area contributed by atoms with Crippen LogP contribution in [0.5, 0.6) is 0 Å². The van der Waals surface area contributed by atoms with Crippen molar-refractivity contribution >= 4 is 23.6 Å². The van der Waals surface area contributed by atoms with Crippen LogP contribution in [-0.2, 0) is 22.6 Å². The summed E-state index contributed by atoms with van der Waals surface area (Å²) in [5, 5.41) is 3.26. The third-order valence-electron chi connectivity index (χ3n) is 8.35. The lowest BCUT2D eigenvalue weighted by Gasteiger charge is -2.33. The number of fused-ring (bicyclic) bond motifs is 1. The van der Waals surface area contributed by atoms with E-state index in [-0.39, 0.29) is 42.6 Å². The summed E-state index contributed by atoms with van der Waals surface area (Å²) in [4.78, 5) is 56.4. The molecule has 2 aliphatic rings. The average Bonchev–Trinajstić information content (AvgIpc) is 3.25. The van der Waals surface area contributed by atoms with Gasteiger partial charge in [-0.15, -0.1) is 0 Å². The molecule has 0 aromatic heterocycles. The van der Waals surface area contributed by atoms with Crippen molar-refractivity contribution in [2.75, 3.05) is 6.54 Å². The molecule has 0 spiro atoms. The van der Waals surface area contributed by atoms with Gasteiger partial charge in [-0.1, -0.05) is 91.6 Å². The van der Waals surface area contributed by atoms with Crippen LogP contribution in [0.2, 0.25) is 0 Å². The minimum Gasteiger partial charge on any atom is -0.352 e. The molecule has 0 saturated heterocycles. The third kappa shape index (κ3) is 6.96. The number of carbonyl (C=O) groups excluding carboxylic acids is 4. The van der Waals surface area contributed by atoms with Gasteiger partial charge in [0.2, 0.25) is 11.8 Å². The van der Waals surface area contributed by atoms with Gasteiger partial charge in [-0.25, -0.2) is 0 Å². The minimum absolute atomic E-state index is 0.112. The first kappa shape index (κ1) is 29.2. The van der Waals surface area contributed by atoms with Gasteiger partial charge in [-0.05, 0) is 49.4 Å². The summed E-state index contributed by atoms with van der Waals surface area (Å²) < 4.78 is 0. The molecule has 1 fully saturated rings. The highest BCUT2D eigenvalue weighted by Crippen LogP contribution is 2.24. The van der Waals surface area contributed by atoms with Crippen molar-refractivity contribution in [3.63, 3.8) is 0 Å². The van der Waals surface area contributed by atoms with Gasteiger partial charge < -0.3 is 10.2 Å². The lowest BCUT2D eigenvalue weighted by Crippen LogP contribution is -2.52. The molecule has 0 radical (unpaired) electrons. The molecule has 3 aromatic rings. The van der Waals surface area contributed by atoms with Crippen LogP contribution in [-0.4, -0.2) is 52.1 Å². The molecular formula is C35H39N3O4. The number of benzene rings is 3. The summed E-state index contributed by atoms with van der Waals surface area (Å²) in [6.45, 7) is 2.46. The second-order valence-electron chi connectivity index (χ2n) is 11.5. The van der Waals surface area contributed by atoms with Crippen LogP contribution >= 0.6 is 0 Å². The number of hydrogen-bond acceptors (Lipinski definition) is 4. The Balaban J connectivity index is 1.35. The summed E-state index contributed by atoms with van der Waals surface area (Å²) >= 11 is 0. The van der Waals surface area contributed by atoms with Gasteiger partial charge in [0.25, 0.3) is 11.8 Å². The molecule has 1 aliphatic carbocycles. The Hall–Kier alpha value is -4.26. The van der Waals surface area contributed by atoms with Crippen LogP contribution in [0.15, 0.2) is 78.9 Å². The Labute approximate surface area is 247 Å². The molecule has 1 unspecified atom stereocenters. The van der Waals surface area contributed by atoms with Crippen LogP contribution in [0.25, 0.3) is 0 Å². The Bertz CT molecular complexity index is 1380. The first-order valence-electron chi connectivity index (χ1n) is 15.1. The number of aryl methyl sites for hydroxylation is 1. The zero-order valence-corrected chi connectivity index (χ0v) is 24.3. The van der Waals surface area contributed by atoms with Crippen molar-refractivity contribution in [2.24, 2.45) is 0 Å². The molecule has 1 saturated carbocycles. The average molecular weight is 566 g/mol. The van der Waals surface area contributed by atoms with Crippen LogP contribution < -0.4 is 5.32 Å². The van der Waals surface area contributed by atoms with E-state index in [1.807, 2.05) is 61.5 Å². The predicted octanol–water partition coefficient (Wildman–Crippen LogP) is 5.46. The SMILES string of the molecule is Cc1ccc(CN(C(=O)CCCN2C(=O)c3ccccc3C2=O)C(Cc2ccccc2)C(=O)NC2CCCCC2)cc1. The van der Waals surface area contributed by atoms with E-state index >= 15 is 0 Å². The van der Waals surface area contributed by atoms with Gasteiger partial charge in [0.15, 0.2) is 0 Å². The standard InChI is InChI=1S/C35H39N3O4/c1-25-18-20-27(21-19-25)24-38(32(39)17-10-22-37-34(41)29-15-8-9-16-30(29)35(37)42)31(23-26-11-4-2-5-12-26)33(40)36-28-13-6-3-7-14-28/h2,4-5,8-9,11-12,15-16,18-21,28,31H,3,6-7,10,13-14,17,22-24H2,1H3,(H,36,40). The van der Waals surface area contributed by atoms with Crippen molar-refractivity contribution in [3.8, 4) is 0 Å². The molecule has 218 valence electrons. The van der Waals surface area contributed by atoms with E-state index in [4.69, 9.17) is 0 Å². The van der Waals surface area contributed by atoms with Crippen molar-refractivity contribution < 1.29 is 19.2 Å². The number of imide groups is 1. The van der Waals surface area contributed by atoms with Gasteiger partial charge in [0, 0.05) is 32.0 Å². The Morgan fingerprint density at radius 3 is 2.10 bits per heavy atom. The first-order chi connectivity index (χ1) is 20.4. The van der Waals surface area contributed by atoms with Crippen molar-refractivity contribution in [1.82, 2.24) is 15.1 Å². The van der Waals surface area contributed by atoms with Gasteiger partial charge in [0.05, 0.1) is 11.1 Å². The molecule has 5 rings (SSSR count). The Morgan fingerprint density at radius 2 is 1.45 bits per heavy atom. The van der Waals surface area contributed by atoms with Crippen LogP contribution in [0.3, 0.4) is 0 Å². The predicted molar refractivity (Wildman–Crippen MR) is 162 cm³/mol. The first-order valence-corrected chi connectivity index (χ1v) is 15.1. The van der Waals surface area contributed by atoms with Gasteiger partial charge in [-0.2, -0.15) is 0 Å². The van der Waals surface area contributed by atoms with Crippen molar-refractivity contribution in [1.29, 1.82) is 0 Å². The van der Waals surface area contributed by atoms with Crippen molar-refractivity contribution in [2.45, 2.75) is 76.9 Å². The minimum atomic E-state index is -0.692. The summed E-state index contributed by atoms with van der Waals surface area (Å²) in [5.74, 6) is -0.958. The number of carbonyl (C=O) groups is 4. The fourth-order valence-electron chi connectivity index (χ4n) is 5.96. The number of rotatable bonds is 11. The highest BCUT2D eigenvalue weighted by atomic mass is 16.2. The third-order valence-corrected chi connectivity index (χ3v) is 8.35. The van der Waals surface area contributed by atoms with Gasteiger partial charge >= 0.3 is 0 Å². The molecule has 7 heteroatoms. The molecule has 1 atom stereocenters. The fraction of sp³-hybridized carbons (Fsp3) is 0.371. The second-order valence-corrected chi connectivity index (χ2v) is 11.5. The zero-order valence-electron chi connectivity index (χ0n) is 24.3. The lowest BCUT2D eigenvalue weighted by molar-refractivity contribution is -0.141. The Kier molecular flexibility index (Phi) is 9.47. The van der Waals surface area contributed by atoms with Crippen molar-refractivity contribution in [3.05, 3.63) is 107 Å². The van der Waals surface area contributed by atoms with Crippen LogP contribution in [0.4, 0.5) is 0 Å². The molecule has 7 nitrogen and oxygen atoms in total. The van der Waals surface area contributed by atoms with E-state index < -0.39 is 6.04 Å². The molecular weight excluding hydrogens is 526 g/mol. The summed E-state index contributed by atoms with van der Waals surface area (Å²) in [5.41, 5.74) is 3.84. The molecule has 1 heterocycles. The molecule has 0 bridgehead atoms. The zero-order chi connectivity index (χ0) is 29.5. The summed E-state index contributed by atoms with van der Waals surface area (Å²) in [7, 11) is 0. The van der Waals surface area contributed by atoms with E-state index in [2.05, 4.69) is 5.32 Å². The largest absolute Gasteiger partial charge is 0.352 e. The number of hydrogen-bond donors (Lipinski definition) is 1. The second kappa shape index (κ2) is 13.6. The molecule has 1 aliphatic heterocycles. The smallest absolute Gasteiger partial charge is 0.261 e. The van der Waals surface area contributed by atoms with E-state index in [0.29, 0.717) is 30.5 Å². The molecule has 42 heavy (non-hydrogen) atoms. The lowest BCUT2D eigenvalue weighted by atomic mass is 9.94. The number of nitrogens with one attached hydrogen (secondary N) is 1. The van der Waals surface area contributed by atoms with Crippen LogP contribution in [0, 0.1) is 6.92 Å². The Morgan fingerprint density at radius 1 is 0.833 bits per heavy atom. The summed E-state index contributed by atoms with van der Waals surface area (Å²) in [6, 6.07) is 24.0. The van der Waals surface area contributed by atoms with E-state index in [0.717, 1.165) is 42.4 Å². The maximum Gasteiger partial charge on any atom is 0.261 e. The van der Waals surface area contributed by atoms with Gasteiger partial charge in [0.1, 0.15) is 6.04 Å².